The van der Waals surface area contributed by atoms with Crippen LogP contribution >= 0.6 is 0 Å². The molecular weight excluding hydrogens is 279 g/mol. The second-order valence-electron chi connectivity index (χ2n) is 3.71. The summed E-state index contributed by atoms with van der Waals surface area (Å²) in [5.41, 5.74) is 11.3. The topological polar surface area (TPSA) is 100 Å². The molecule has 0 aliphatic carbocycles. The van der Waals surface area contributed by atoms with Gasteiger partial charge in [0.25, 0.3) is 0 Å². The number of ether oxygens (including phenoxy) is 2. The van der Waals surface area contributed by atoms with Crippen LogP contribution in [0, 0.1) is 0 Å². The van der Waals surface area contributed by atoms with Gasteiger partial charge in [-0.25, -0.2) is 4.98 Å². The summed E-state index contributed by atoms with van der Waals surface area (Å²) < 4.78 is 44.8. The van der Waals surface area contributed by atoms with E-state index in [0.29, 0.717) is 0 Å². The number of rotatable bonds is 5. The zero-order chi connectivity index (χ0) is 15.3. The van der Waals surface area contributed by atoms with E-state index in [1.165, 1.54) is 0 Å². The molecule has 6 nitrogen and oxygen atoms in total. The van der Waals surface area contributed by atoms with Gasteiger partial charge in [-0.3, -0.25) is 4.79 Å². The smallest absolute Gasteiger partial charge is 0.466 e. The molecule has 0 amide bonds. The molecule has 9 heteroatoms. The molecule has 0 radical (unpaired) electrons. The highest BCUT2D eigenvalue weighted by molar-refractivity contribution is 5.73. The summed E-state index contributed by atoms with van der Waals surface area (Å²) in [5, 5.41) is 0. The first-order valence-electron chi connectivity index (χ1n) is 5.66. The summed E-state index contributed by atoms with van der Waals surface area (Å²) in [6.07, 6.45) is -5.23. The third kappa shape index (κ3) is 4.57. The first kappa shape index (κ1) is 16.0. The number of carbonyl (C=O) groups excluding carboxylic acids is 1. The standard InChI is InChI=1S/C11H14F3N3O3/c1-2-19-10(18)4-8-6(5-15)7(16)3-9(17-8)20-11(12,13)14/h3H,2,4-5,15H2,1H3,(H2,16,17). The molecule has 0 saturated carbocycles. The summed E-state index contributed by atoms with van der Waals surface area (Å²) in [6.45, 7) is 1.68. The van der Waals surface area contributed by atoms with Crippen LogP contribution in [-0.2, 0) is 22.5 Å². The molecular formula is C11H14F3N3O3. The number of nitrogens with two attached hydrogens (primary N) is 2. The van der Waals surface area contributed by atoms with Crippen LogP contribution in [0.25, 0.3) is 0 Å². The lowest BCUT2D eigenvalue weighted by molar-refractivity contribution is -0.276. The molecule has 0 atom stereocenters. The lowest BCUT2D eigenvalue weighted by Gasteiger charge is -2.13. The number of nitrogens with zero attached hydrogens (tertiary/aromatic N) is 1. The highest BCUT2D eigenvalue weighted by Gasteiger charge is 2.32. The molecule has 0 fully saturated rings. The van der Waals surface area contributed by atoms with E-state index in [2.05, 4.69) is 9.72 Å². The van der Waals surface area contributed by atoms with E-state index in [4.69, 9.17) is 16.2 Å². The van der Waals surface area contributed by atoms with Gasteiger partial charge in [0.05, 0.1) is 18.7 Å². The predicted molar refractivity (Wildman–Crippen MR) is 63.6 cm³/mol. The monoisotopic (exact) mass is 293 g/mol. The van der Waals surface area contributed by atoms with E-state index in [1.807, 2.05) is 0 Å². The van der Waals surface area contributed by atoms with E-state index in [1.54, 1.807) is 6.92 Å². The van der Waals surface area contributed by atoms with Crippen molar-refractivity contribution in [2.75, 3.05) is 12.3 Å². The number of hydrogen-bond acceptors (Lipinski definition) is 6. The van der Waals surface area contributed by atoms with Gasteiger partial charge in [-0.2, -0.15) is 0 Å². The van der Waals surface area contributed by atoms with Crippen molar-refractivity contribution in [1.82, 2.24) is 4.98 Å². The van der Waals surface area contributed by atoms with Crippen LogP contribution < -0.4 is 16.2 Å². The molecule has 1 heterocycles. The average molecular weight is 293 g/mol. The van der Waals surface area contributed by atoms with E-state index in [0.717, 1.165) is 6.07 Å². The van der Waals surface area contributed by atoms with E-state index in [9.17, 15) is 18.0 Å². The molecule has 4 N–H and O–H groups in total. The fourth-order valence-corrected chi connectivity index (χ4v) is 1.52. The number of aromatic nitrogens is 1. The minimum atomic E-state index is -4.90. The number of esters is 1. The van der Waals surface area contributed by atoms with Crippen LogP contribution in [0.5, 0.6) is 5.88 Å². The number of anilines is 1. The highest BCUT2D eigenvalue weighted by Crippen LogP contribution is 2.26. The third-order valence-corrected chi connectivity index (χ3v) is 2.26. The van der Waals surface area contributed by atoms with Crippen molar-refractivity contribution in [3.05, 3.63) is 17.3 Å². The highest BCUT2D eigenvalue weighted by atomic mass is 19.4. The Morgan fingerprint density at radius 1 is 1.45 bits per heavy atom. The molecule has 0 aliphatic rings. The van der Waals surface area contributed by atoms with Crippen LogP contribution in [0.2, 0.25) is 0 Å². The normalized spacial score (nSPS) is 11.2. The summed E-state index contributed by atoms with van der Waals surface area (Å²) in [5.74, 6) is -1.38. The van der Waals surface area contributed by atoms with Crippen molar-refractivity contribution in [3.8, 4) is 5.88 Å². The van der Waals surface area contributed by atoms with E-state index in [-0.39, 0.29) is 36.5 Å². The molecule has 0 spiro atoms. The lowest BCUT2D eigenvalue weighted by atomic mass is 10.1. The van der Waals surface area contributed by atoms with Gasteiger partial charge in [0.1, 0.15) is 0 Å². The summed E-state index contributed by atoms with van der Waals surface area (Å²) in [6, 6.07) is 0.907. The number of alkyl halides is 3. The average Bonchev–Trinajstić information content (AvgIpc) is 2.26. The minimum absolute atomic E-state index is 0.00481. The van der Waals surface area contributed by atoms with Crippen molar-refractivity contribution in [1.29, 1.82) is 0 Å². The van der Waals surface area contributed by atoms with Gasteiger partial charge in [0.2, 0.25) is 5.88 Å². The molecule has 0 unspecified atom stereocenters. The molecule has 1 rings (SSSR count). The maximum atomic E-state index is 12.2. The van der Waals surface area contributed by atoms with Gasteiger partial charge >= 0.3 is 12.3 Å². The molecule has 0 aromatic carbocycles. The lowest BCUT2D eigenvalue weighted by Crippen LogP contribution is -2.20. The van der Waals surface area contributed by atoms with Gasteiger partial charge < -0.3 is 20.9 Å². The number of carbonyl (C=O) groups is 1. The molecule has 0 bridgehead atoms. The number of nitrogen functional groups attached to an aromatic ring is 1. The fraction of sp³-hybridized carbons (Fsp3) is 0.455. The Labute approximate surface area is 112 Å². The van der Waals surface area contributed by atoms with Gasteiger partial charge in [-0.15, -0.1) is 13.2 Å². The molecule has 20 heavy (non-hydrogen) atoms. The zero-order valence-electron chi connectivity index (χ0n) is 10.7. The van der Waals surface area contributed by atoms with Crippen molar-refractivity contribution in [2.45, 2.75) is 26.3 Å². The quantitative estimate of drug-likeness (QED) is 0.789. The second-order valence-corrected chi connectivity index (χ2v) is 3.71. The largest absolute Gasteiger partial charge is 0.574 e. The molecule has 0 saturated heterocycles. The zero-order valence-corrected chi connectivity index (χ0v) is 10.7. The van der Waals surface area contributed by atoms with Crippen LogP contribution in [0.4, 0.5) is 18.9 Å². The molecule has 1 aromatic heterocycles. The maximum absolute atomic E-state index is 12.2. The Kier molecular flexibility index (Phi) is 5.14. The molecule has 0 aliphatic heterocycles. The SMILES string of the molecule is CCOC(=O)Cc1nc(OC(F)(F)F)cc(N)c1CN. The van der Waals surface area contributed by atoms with Crippen molar-refractivity contribution in [2.24, 2.45) is 5.73 Å². The minimum Gasteiger partial charge on any atom is -0.466 e. The van der Waals surface area contributed by atoms with E-state index < -0.39 is 18.2 Å². The van der Waals surface area contributed by atoms with Crippen LogP contribution in [-0.4, -0.2) is 23.9 Å². The van der Waals surface area contributed by atoms with Crippen LogP contribution in [0.3, 0.4) is 0 Å². The van der Waals surface area contributed by atoms with Crippen LogP contribution in [0.15, 0.2) is 6.07 Å². The first-order valence-corrected chi connectivity index (χ1v) is 5.66. The Morgan fingerprint density at radius 3 is 2.60 bits per heavy atom. The van der Waals surface area contributed by atoms with Gasteiger partial charge in [-0.1, -0.05) is 0 Å². The number of halogens is 3. The summed E-state index contributed by atoms with van der Waals surface area (Å²) >= 11 is 0. The maximum Gasteiger partial charge on any atom is 0.574 e. The number of hydrogen-bond donors (Lipinski definition) is 2. The van der Waals surface area contributed by atoms with Crippen LogP contribution in [0.1, 0.15) is 18.2 Å². The Hall–Kier alpha value is -2.03. The van der Waals surface area contributed by atoms with Gasteiger partial charge in [0.15, 0.2) is 0 Å². The summed E-state index contributed by atoms with van der Waals surface area (Å²) in [4.78, 5) is 15.0. The Morgan fingerprint density at radius 2 is 2.10 bits per heavy atom. The number of pyridine rings is 1. The van der Waals surface area contributed by atoms with E-state index >= 15 is 0 Å². The second kappa shape index (κ2) is 6.42. The Bertz CT molecular complexity index is 492. The van der Waals surface area contributed by atoms with Gasteiger partial charge in [0, 0.05) is 23.9 Å². The predicted octanol–water partition coefficient (Wildman–Crippen LogP) is 1.13. The van der Waals surface area contributed by atoms with Crippen molar-refractivity contribution in [3.63, 3.8) is 0 Å². The van der Waals surface area contributed by atoms with Crippen molar-refractivity contribution >= 4 is 11.7 Å². The Balaban J connectivity index is 3.09. The molecule has 1 aromatic rings. The molecule has 112 valence electrons. The van der Waals surface area contributed by atoms with Crippen molar-refractivity contribution < 1.29 is 27.4 Å². The fourth-order valence-electron chi connectivity index (χ4n) is 1.52. The van der Waals surface area contributed by atoms with Gasteiger partial charge in [-0.05, 0) is 6.92 Å². The summed E-state index contributed by atoms with van der Waals surface area (Å²) in [7, 11) is 0. The third-order valence-electron chi connectivity index (χ3n) is 2.26. The first-order chi connectivity index (χ1) is 9.26.